The van der Waals surface area contributed by atoms with E-state index in [0.29, 0.717) is 5.13 Å². The van der Waals surface area contributed by atoms with Crippen molar-refractivity contribution >= 4 is 28.1 Å². The number of hydrogen-bond acceptors (Lipinski definition) is 7. The Morgan fingerprint density at radius 3 is 1.85 bits per heavy atom. The number of anilines is 1. The van der Waals surface area contributed by atoms with Crippen molar-refractivity contribution in [2.75, 3.05) is 11.9 Å². The minimum absolute atomic E-state index is 0.173. The third-order valence-electron chi connectivity index (χ3n) is 5.23. The molecule has 166 valence electrons. The van der Waals surface area contributed by atoms with Crippen LogP contribution in [0.5, 0.6) is 0 Å². The summed E-state index contributed by atoms with van der Waals surface area (Å²) >= 11 is 1.32. The van der Waals surface area contributed by atoms with Gasteiger partial charge in [0.25, 0.3) is 0 Å². The Morgan fingerprint density at radius 2 is 1.42 bits per heavy atom. The third-order valence-corrected chi connectivity index (χ3v) is 5.99. The fourth-order valence-electron chi connectivity index (χ4n) is 3.78. The van der Waals surface area contributed by atoms with E-state index < -0.39 is 11.5 Å². The largest absolute Gasteiger partial charge is 0.461 e. The molecule has 0 bridgehead atoms. The van der Waals surface area contributed by atoms with E-state index >= 15 is 0 Å². The number of benzene rings is 3. The Bertz CT molecular complexity index is 1130. The summed E-state index contributed by atoms with van der Waals surface area (Å²) in [6.07, 6.45) is 0. The van der Waals surface area contributed by atoms with Crippen molar-refractivity contribution in [2.24, 2.45) is 5.16 Å². The number of hydrogen-bond donors (Lipinski definition) is 2. The summed E-state index contributed by atoms with van der Waals surface area (Å²) < 4.78 is 4.98. The predicted octanol–water partition coefficient (Wildman–Crippen LogP) is 5.29. The molecule has 0 radical (unpaired) electrons. The van der Waals surface area contributed by atoms with Gasteiger partial charge >= 0.3 is 5.97 Å². The summed E-state index contributed by atoms with van der Waals surface area (Å²) in [6, 6.07) is 30.4. The maximum absolute atomic E-state index is 12.2. The highest BCUT2D eigenvalue weighted by molar-refractivity contribution is 7.14. The van der Waals surface area contributed by atoms with E-state index in [0.717, 1.165) is 16.7 Å². The van der Waals surface area contributed by atoms with Crippen LogP contribution in [-0.2, 0) is 15.1 Å². The smallest absolute Gasteiger partial charge is 0.362 e. The number of ether oxygens (including phenoxy) is 1. The van der Waals surface area contributed by atoms with Crippen LogP contribution >= 0.6 is 11.3 Å². The number of carbonyl (C=O) groups excluding carboxylic acids is 1. The molecule has 1 aromatic heterocycles. The SMILES string of the molecule is CCOC(=O)C(=NO)c1csc(NC(c2ccccc2)(c2ccccc2)c2ccccc2)n1. The van der Waals surface area contributed by atoms with Crippen LogP contribution in [0.2, 0.25) is 0 Å². The number of carbonyl (C=O) groups is 1. The zero-order valence-corrected chi connectivity index (χ0v) is 18.8. The van der Waals surface area contributed by atoms with Gasteiger partial charge in [0.2, 0.25) is 5.71 Å². The summed E-state index contributed by atoms with van der Waals surface area (Å²) in [5.74, 6) is -0.725. The molecular formula is C26H23N3O3S. The van der Waals surface area contributed by atoms with Gasteiger partial charge in [-0.25, -0.2) is 9.78 Å². The van der Waals surface area contributed by atoms with Crippen LogP contribution in [0.15, 0.2) is 102 Å². The summed E-state index contributed by atoms with van der Waals surface area (Å²) in [5, 5.41) is 18.4. The molecule has 0 aliphatic heterocycles. The second-order valence-electron chi connectivity index (χ2n) is 7.18. The van der Waals surface area contributed by atoms with Crippen molar-refractivity contribution in [2.45, 2.75) is 12.5 Å². The third kappa shape index (κ3) is 4.49. The lowest BCUT2D eigenvalue weighted by Crippen LogP contribution is -2.38. The molecule has 4 aromatic rings. The minimum Gasteiger partial charge on any atom is -0.461 e. The van der Waals surface area contributed by atoms with Gasteiger partial charge in [-0.2, -0.15) is 0 Å². The molecule has 7 heteroatoms. The summed E-state index contributed by atoms with van der Waals surface area (Å²) in [7, 11) is 0. The molecule has 3 aromatic carbocycles. The molecule has 6 nitrogen and oxygen atoms in total. The van der Waals surface area contributed by atoms with Crippen molar-refractivity contribution in [3.8, 4) is 0 Å². The molecule has 0 saturated carbocycles. The molecule has 0 spiro atoms. The Kier molecular flexibility index (Phi) is 6.80. The average Bonchev–Trinajstić information content (AvgIpc) is 3.33. The van der Waals surface area contributed by atoms with Gasteiger partial charge in [-0.1, -0.05) is 96.2 Å². The zero-order chi connectivity index (χ0) is 23.1. The molecule has 0 amide bonds. The van der Waals surface area contributed by atoms with E-state index in [9.17, 15) is 10.0 Å². The first-order chi connectivity index (χ1) is 16.2. The average molecular weight is 458 g/mol. The highest BCUT2D eigenvalue weighted by Gasteiger charge is 2.37. The van der Waals surface area contributed by atoms with Gasteiger partial charge < -0.3 is 15.3 Å². The second-order valence-corrected chi connectivity index (χ2v) is 8.04. The standard InChI is InChI=1S/C26H23N3O3S/c1-2-32-24(30)23(29-31)22-18-33-25(27-22)28-26(19-12-6-3-7-13-19,20-14-8-4-9-15-20)21-16-10-5-11-17-21/h3-18,31H,2H2,1H3,(H,27,28). The van der Waals surface area contributed by atoms with Crippen molar-refractivity contribution in [3.63, 3.8) is 0 Å². The first-order valence-electron chi connectivity index (χ1n) is 10.5. The number of nitrogens with one attached hydrogen (secondary N) is 1. The minimum atomic E-state index is -0.751. The Balaban J connectivity index is 1.86. The van der Waals surface area contributed by atoms with Crippen molar-refractivity contribution in [3.05, 3.63) is 119 Å². The van der Waals surface area contributed by atoms with E-state index in [1.54, 1.807) is 12.3 Å². The fourth-order valence-corrected chi connectivity index (χ4v) is 4.53. The van der Waals surface area contributed by atoms with Crippen molar-refractivity contribution in [1.29, 1.82) is 0 Å². The predicted molar refractivity (Wildman–Crippen MR) is 130 cm³/mol. The quantitative estimate of drug-likeness (QED) is 0.124. The molecule has 2 N–H and O–H groups in total. The van der Waals surface area contributed by atoms with Gasteiger partial charge in [-0.3, -0.25) is 0 Å². The van der Waals surface area contributed by atoms with E-state index in [-0.39, 0.29) is 18.0 Å². The highest BCUT2D eigenvalue weighted by atomic mass is 32.1. The second kappa shape index (κ2) is 10.1. The first kappa shape index (κ1) is 22.2. The van der Waals surface area contributed by atoms with Crippen LogP contribution in [-0.4, -0.2) is 28.5 Å². The lowest BCUT2D eigenvalue weighted by Gasteiger charge is -2.36. The lowest BCUT2D eigenvalue weighted by atomic mass is 9.77. The zero-order valence-electron chi connectivity index (χ0n) is 18.0. The number of nitrogens with zero attached hydrogens (tertiary/aromatic N) is 2. The topological polar surface area (TPSA) is 83.8 Å². The molecular weight excluding hydrogens is 434 g/mol. The first-order valence-corrected chi connectivity index (χ1v) is 11.4. The van der Waals surface area contributed by atoms with Crippen LogP contribution in [0.4, 0.5) is 5.13 Å². The highest BCUT2D eigenvalue weighted by Crippen LogP contribution is 2.40. The number of aromatic nitrogens is 1. The maximum atomic E-state index is 12.2. The summed E-state index contributed by atoms with van der Waals surface area (Å²) in [5.41, 5.74) is 2.35. The van der Waals surface area contributed by atoms with Gasteiger partial charge in [0, 0.05) is 5.38 Å². The Morgan fingerprint density at radius 1 is 0.939 bits per heavy atom. The molecule has 0 unspecified atom stereocenters. The van der Waals surface area contributed by atoms with Gasteiger partial charge in [0.05, 0.1) is 6.61 Å². The molecule has 4 rings (SSSR count). The molecule has 0 aliphatic carbocycles. The van der Waals surface area contributed by atoms with E-state index in [4.69, 9.17) is 4.74 Å². The van der Waals surface area contributed by atoms with Crippen LogP contribution in [0, 0.1) is 0 Å². The molecule has 0 saturated heterocycles. The maximum Gasteiger partial charge on any atom is 0.362 e. The van der Waals surface area contributed by atoms with E-state index in [1.807, 2.05) is 54.6 Å². The molecule has 33 heavy (non-hydrogen) atoms. The van der Waals surface area contributed by atoms with Gasteiger partial charge in [0.15, 0.2) is 5.13 Å². The number of thiazole rings is 1. The summed E-state index contributed by atoms with van der Waals surface area (Å²) in [6.45, 7) is 1.86. The van der Waals surface area contributed by atoms with Crippen molar-refractivity contribution < 1.29 is 14.7 Å². The molecule has 1 heterocycles. The van der Waals surface area contributed by atoms with Gasteiger partial charge in [0.1, 0.15) is 11.2 Å². The van der Waals surface area contributed by atoms with Crippen LogP contribution in [0.3, 0.4) is 0 Å². The van der Waals surface area contributed by atoms with Crippen LogP contribution < -0.4 is 5.32 Å². The van der Waals surface area contributed by atoms with Crippen LogP contribution in [0.25, 0.3) is 0 Å². The number of rotatable bonds is 8. The monoisotopic (exact) mass is 457 g/mol. The Hall–Kier alpha value is -3.97. The Labute approximate surface area is 196 Å². The van der Waals surface area contributed by atoms with Gasteiger partial charge in [-0.05, 0) is 23.6 Å². The van der Waals surface area contributed by atoms with Gasteiger partial charge in [-0.15, -0.1) is 11.3 Å². The van der Waals surface area contributed by atoms with Crippen LogP contribution in [0.1, 0.15) is 29.3 Å². The normalized spacial score (nSPS) is 11.7. The number of esters is 1. The number of oxime groups is 1. The van der Waals surface area contributed by atoms with E-state index in [2.05, 4.69) is 51.9 Å². The molecule has 0 aliphatic rings. The van der Waals surface area contributed by atoms with Crippen molar-refractivity contribution in [1.82, 2.24) is 4.98 Å². The fraction of sp³-hybridized carbons (Fsp3) is 0.115. The lowest BCUT2D eigenvalue weighted by molar-refractivity contribution is -0.135. The van der Waals surface area contributed by atoms with E-state index in [1.165, 1.54) is 11.3 Å². The summed E-state index contributed by atoms with van der Waals surface area (Å²) in [4.78, 5) is 16.7. The molecule has 0 fully saturated rings. The molecule has 0 atom stereocenters.